The van der Waals surface area contributed by atoms with Gasteiger partial charge in [0.1, 0.15) is 0 Å². The van der Waals surface area contributed by atoms with Gasteiger partial charge in [-0.2, -0.15) is 0 Å². The second-order valence-electron chi connectivity index (χ2n) is 9.35. The van der Waals surface area contributed by atoms with Gasteiger partial charge in [0.2, 0.25) is 0 Å². The SMILES string of the molecule is CCCCC=CC[C@@H]1[C@@H](C=CCCCCCCCC)[C@H](OC2CCCCO2)C[C@@H]1O. The van der Waals surface area contributed by atoms with Crippen LogP contribution in [0.15, 0.2) is 24.3 Å². The van der Waals surface area contributed by atoms with E-state index in [-0.39, 0.29) is 24.4 Å². The van der Waals surface area contributed by atoms with Gasteiger partial charge >= 0.3 is 0 Å². The average Bonchev–Trinajstić information content (AvgIpc) is 3.04. The van der Waals surface area contributed by atoms with Crippen molar-refractivity contribution in [3.05, 3.63) is 24.3 Å². The Hall–Kier alpha value is -0.640. The molecule has 3 nitrogen and oxygen atoms in total. The Morgan fingerprint density at radius 3 is 2.43 bits per heavy atom. The summed E-state index contributed by atoms with van der Waals surface area (Å²) in [5, 5.41) is 10.8. The fourth-order valence-corrected chi connectivity index (χ4v) is 4.83. The number of hydrogen-bond acceptors (Lipinski definition) is 3. The predicted octanol–water partition coefficient (Wildman–Crippen LogP) is 7.34. The van der Waals surface area contributed by atoms with E-state index >= 15 is 0 Å². The monoisotopic (exact) mass is 420 g/mol. The van der Waals surface area contributed by atoms with Crippen molar-refractivity contribution in [2.45, 2.75) is 129 Å². The summed E-state index contributed by atoms with van der Waals surface area (Å²) in [6.07, 6.45) is 26.8. The first-order chi connectivity index (χ1) is 14.8. The molecule has 1 aliphatic heterocycles. The number of allylic oxidation sites excluding steroid dienone is 3. The van der Waals surface area contributed by atoms with Crippen LogP contribution in [0.5, 0.6) is 0 Å². The molecule has 30 heavy (non-hydrogen) atoms. The Labute approximate surface area is 186 Å². The third-order valence-electron chi connectivity index (χ3n) is 6.74. The maximum absolute atomic E-state index is 10.8. The van der Waals surface area contributed by atoms with Gasteiger partial charge in [0, 0.05) is 18.9 Å². The molecule has 2 rings (SSSR count). The summed E-state index contributed by atoms with van der Waals surface area (Å²) in [4.78, 5) is 0. The molecule has 1 aliphatic carbocycles. The number of hydrogen-bond donors (Lipinski definition) is 1. The first-order valence-electron chi connectivity index (χ1n) is 13.0. The average molecular weight is 421 g/mol. The Balaban J connectivity index is 1.87. The van der Waals surface area contributed by atoms with Crippen molar-refractivity contribution in [3.63, 3.8) is 0 Å². The van der Waals surface area contributed by atoms with Gasteiger partial charge in [-0.15, -0.1) is 0 Å². The highest BCUT2D eigenvalue weighted by molar-refractivity contribution is 5.05. The third-order valence-corrected chi connectivity index (χ3v) is 6.74. The lowest BCUT2D eigenvalue weighted by atomic mass is 9.89. The van der Waals surface area contributed by atoms with Crippen LogP contribution in [0, 0.1) is 11.8 Å². The van der Waals surface area contributed by atoms with Crippen molar-refractivity contribution in [1.29, 1.82) is 0 Å². The molecule has 174 valence electrons. The van der Waals surface area contributed by atoms with Gasteiger partial charge in [-0.05, 0) is 50.9 Å². The summed E-state index contributed by atoms with van der Waals surface area (Å²) in [6, 6.07) is 0. The van der Waals surface area contributed by atoms with E-state index in [1.54, 1.807) is 0 Å². The molecule has 0 aromatic rings. The summed E-state index contributed by atoms with van der Waals surface area (Å²) in [5.74, 6) is 0.554. The van der Waals surface area contributed by atoms with Gasteiger partial charge in [0.05, 0.1) is 12.2 Å². The standard InChI is InChI=1S/C27H48O3/c1-3-5-7-9-10-11-13-15-19-24-23(18-14-12-8-6-4-2)25(28)22-26(24)30-27-20-16-17-21-29-27/h12,14-15,19,23-28H,3-11,13,16-18,20-22H2,1-2H3/t23-,24-,25+,26-,27?/m1/s1. The number of aliphatic hydroxyl groups excluding tert-OH is 1. The maximum Gasteiger partial charge on any atom is 0.157 e. The van der Waals surface area contributed by atoms with Crippen molar-refractivity contribution in [1.82, 2.24) is 0 Å². The highest BCUT2D eigenvalue weighted by Gasteiger charge is 2.42. The molecule has 0 aromatic carbocycles. The molecule has 0 amide bonds. The fourth-order valence-electron chi connectivity index (χ4n) is 4.83. The van der Waals surface area contributed by atoms with Crippen LogP contribution in [-0.2, 0) is 9.47 Å². The molecular weight excluding hydrogens is 372 g/mol. The second kappa shape index (κ2) is 16.1. The molecule has 3 heteroatoms. The molecule has 1 unspecified atom stereocenters. The molecule has 2 fully saturated rings. The van der Waals surface area contributed by atoms with Crippen LogP contribution in [0.1, 0.15) is 110 Å². The zero-order valence-electron chi connectivity index (χ0n) is 19.8. The molecular formula is C27H48O3. The van der Waals surface area contributed by atoms with Crippen LogP contribution in [0.3, 0.4) is 0 Å². The predicted molar refractivity (Wildman–Crippen MR) is 126 cm³/mol. The number of rotatable bonds is 15. The molecule has 1 saturated heterocycles. The van der Waals surface area contributed by atoms with Crippen LogP contribution in [0.2, 0.25) is 0 Å². The fraction of sp³-hybridized carbons (Fsp3) is 0.852. The largest absolute Gasteiger partial charge is 0.393 e. The van der Waals surface area contributed by atoms with E-state index < -0.39 is 0 Å². The molecule has 1 N–H and O–H groups in total. The molecule has 0 aromatic heterocycles. The smallest absolute Gasteiger partial charge is 0.157 e. The van der Waals surface area contributed by atoms with E-state index in [1.165, 1.54) is 57.8 Å². The Morgan fingerprint density at radius 2 is 1.67 bits per heavy atom. The minimum Gasteiger partial charge on any atom is -0.393 e. The van der Waals surface area contributed by atoms with Gasteiger partial charge in [0.25, 0.3) is 0 Å². The topological polar surface area (TPSA) is 38.7 Å². The molecule has 5 atom stereocenters. The zero-order valence-corrected chi connectivity index (χ0v) is 19.8. The van der Waals surface area contributed by atoms with Crippen LogP contribution in [0.4, 0.5) is 0 Å². The third kappa shape index (κ3) is 9.66. The van der Waals surface area contributed by atoms with Crippen LogP contribution in [0.25, 0.3) is 0 Å². The van der Waals surface area contributed by atoms with Crippen LogP contribution >= 0.6 is 0 Å². The van der Waals surface area contributed by atoms with Gasteiger partial charge < -0.3 is 14.6 Å². The van der Waals surface area contributed by atoms with Crippen molar-refractivity contribution < 1.29 is 14.6 Å². The van der Waals surface area contributed by atoms with E-state index in [1.807, 2.05) is 0 Å². The van der Waals surface area contributed by atoms with E-state index in [2.05, 4.69) is 38.2 Å². The van der Waals surface area contributed by atoms with Crippen LogP contribution in [-0.4, -0.2) is 30.2 Å². The van der Waals surface area contributed by atoms with Crippen molar-refractivity contribution in [2.75, 3.05) is 6.61 Å². The van der Waals surface area contributed by atoms with E-state index in [0.29, 0.717) is 5.92 Å². The molecule has 0 radical (unpaired) electrons. The summed E-state index contributed by atoms with van der Waals surface area (Å²) in [6.45, 7) is 5.31. The number of unbranched alkanes of at least 4 members (excludes halogenated alkanes) is 8. The molecule has 1 heterocycles. The highest BCUT2D eigenvalue weighted by Crippen LogP contribution is 2.39. The summed E-state index contributed by atoms with van der Waals surface area (Å²) in [5.41, 5.74) is 0. The quantitative estimate of drug-likeness (QED) is 0.222. The van der Waals surface area contributed by atoms with Gasteiger partial charge in [-0.1, -0.05) is 83.1 Å². The van der Waals surface area contributed by atoms with Crippen LogP contribution < -0.4 is 0 Å². The lowest BCUT2D eigenvalue weighted by molar-refractivity contribution is -0.193. The lowest BCUT2D eigenvalue weighted by Crippen LogP contribution is -2.30. The molecule has 1 saturated carbocycles. The first-order valence-corrected chi connectivity index (χ1v) is 13.0. The normalized spacial score (nSPS) is 30.0. The Bertz CT molecular complexity index is 467. The first kappa shape index (κ1) is 25.6. The lowest BCUT2D eigenvalue weighted by Gasteiger charge is -2.29. The Morgan fingerprint density at radius 1 is 0.900 bits per heavy atom. The van der Waals surface area contributed by atoms with E-state index in [4.69, 9.17) is 9.47 Å². The van der Waals surface area contributed by atoms with Crippen molar-refractivity contribution >= 4 is 0 Å². The van der Waals surface area contributed by atoms with Gasteiger partial charge in [0.15, 0.2) is 6.29 Å². The van der Waals surface area contributed by atoms with E-state index in [0.717, 1.165) is 45.1 Å². The van der Waals surface area contributed by atoms with Crippen molar-refractivity contribution in [3.8, 4) is 0 Å². The summed E-state index contributed by atoms with van der Waals surface area (Å²) < 4.78 is 12.2. The molecule has 0 spiro atoms. The minimum atomic E-state index is -0.280. The zero-order chi connectivity index (χ0) is 21.4. The van der Waals surface area contributed by atoms with Gasteiger partial charge in [-0.25, -0.2) is 0 Å². The summed E-state index contributed by atoms with van der Waals surface area (Å²) in [7, 11) is 0. The number of aliphatic hydroxyl groups is 1. The second-order valence-corrected chi connectivity index (χ2v) is 9.35. The van der Waals surface area contributed by atoms with E-state index in [9.17, 15) is 5.11 Å². The molecule has 2 aliphatic rings. The summed E-state index contributed by atoms with van der Waals surface area (Å²) >= 11 is 0. The highest BCUT2D eigenvalue weighted by atomic mass is 16.7. The molecule has 0 bridgehead atoms. The van der Waals surface area contributed by atoms with Crippen molar-refractivity contribution in [2.24, 2.45) is 11.8 Å². The minimum absolute atomic E-state index is 0.0794. The maximum atomic E-state index is 10.8. The van der Waals surface area contributed by atoms with Gasteiger partial charge in [-0.3, -0.25) is 0 Å². The Kier molecular flexibility index (Phi) is 13.7. The number of ether oxygens (including phenoxy) is 2.